The van der Waals surface area contributed by atoms with E-state index in [9.17, 15) is 0 Å². The Morgan fingerprint density at radius 1 is 1.28 bits per heavy atom. The van der Waals surface area contributed by atoms with Gasteiger partial charge in [-0.2, -0.15) is 0 Å². The van der Waals surface area contributed by atoms with Crippen molar-refractivity contribution in [3.63, 3.8) is 0 Å². The Bertz CT molecular complexity index is 602. The molecule has 1 aromatic carbocycles. The fourth-order valence-electron chi connectivity index (χ4n) is 1.71. The van der Waals surface area contributed by atoms with Crippen molar-refractivity contribution in [1.29, 1.82) is 0 Å². The van der Waals surface area contributed by atoms with E-state index in [1.165, 1.54) is 26.4 Å². The number of hydrogen-bond acceptors (Lipinski definition) is 3. The molecule has 18 heavy (non-hydrogen) atoms. The van der Waals surface area contributed by atoms with Crippen LogP contribution in [-0.4, -0.2) is 20.3 Å². The molecule has 0 bridgehead atoms. The lowest BCUT2D eigenvalue weighted by Crippen LogP contribution is -2.21. The summed E-state index contributed by atoms with van der Waals surface area (Å²) < 4.78 is 64.5. The van der Waals surface area contributed by atoms with E-state index in [1.807, 2.05) is 6.92 Å². The monoisotopic (exact) mass is 258 g/mol. The molecule has 2 N–H and O–H groups in total. The second kappa shape index (κ2) is 7.27. The van der Waals surface area contributed by atoms with Crippen molar-refractivity contribution in [2.24, 2.45) is 5.73 Å². The summed E-state index contributed by atoms with van der Waals surface area (Å²) in [7, 11) is 2.72. The van der Waals surface area contributed by atoms with Gasteiger partial charge in [0, 0.05) is 15.6 Å². The lowest BCUT2D eigenvalue weighted by Gasteiger charge is -2.16. The van der Waals surface area contributed by atoms with Gasteiger partial charge in [-0.25, -0.2) is 0 Å². The summed E-state index contributed by atoms with van der Waals surface area (Å²) in [5.41, 5.74) is 6.43. The van der Waals surface area contributed by atoms with Crippen LogP contribution < -0.4 is 15.2 Å². The Balaban J connectivity index is 3.55. The summed E-state index contributed by atoms with van der Waals surface area (Å²) in [5.74, 6) is 0.363. The highest BCUT2D eigenvalue weighted by Gasteiger charge is 2.12. The highest BCUT2D eigenvalue weighted by atomic mass is 16.5. The molecule has 0 saturated carbocycles. The molecule has 0 fully saturated rings. The molecule has 3 heteroatoms. The van der Waals surface area contributed by atoms with E-state index in [0.717, 1.165) is 6.42 Å². The van der Waals surface area contributed by atoms with E-state index in [4.69, 9.17) is 24.8 Å². The normalized spacial score (nSPS) is 20.3. The third-order valence-electron chi connectivity index (χ3n) is 2.81. The van der Waals surface area contributed by atoms with E-state index in [0.29, 0.717) is 17.7 Å². The van der Waals surface area contributed by atoms with Gasteiger partial charge in [0.1, 0.15) is 11.5 Å². The van der Waals surface area contributed by atoms with Crippen molar-refractivity contribution >= 4 is 0 Å². The van der Waals surface area contributed by atoms with Crippen LogP contribution in [0.25, 0.3) is 0 Å². The van der Waals surface area contributed by atoms with Gasteiger partial charge in [-0.3, -0.25) is 0 Å². The van der Waals surface area contributed by atoms with Gasteiger partial charge in [0.05, 0.1) is 14.2 Å². The molecule has 1 aromatic rings. The predicted molar refractivity (Wildman–Crippen MR) is 75.5 cm³/mol. The van der Waals surface area contributed by atoms with E-state index in [1.54, 1.807) is 0 Å². The van der Waals surface area contributed by atoms with Gasteiger partial charge in [-0.1, -0.05) is 20.1 Å². The Morgan fingerprint density at radius 3 is 2.44 bits per heavy atom. The molecule has 0 heterocycles. The maximum Gasteiger partial charge on any atom is 0.122 e. The molecule has 0 radical (unpaired) electrons. The van der Waals surface area contributed by atoms with E-state index < -0.39 is 19.6 Å². The lowest BCUT2D eigenvalue weighted by molar-refractivity contribution is 0.393. The maximum atomic E-state index is 8.16. The average molecular weight is 258 g/mol. The van der Waals surface area contributed by atoms with Crippen LogP contribution >= 0.6 is 0 Å². The van der Waals surface area contributed by atoms with Crippen LogP contribution in [0.1, 0.15) is 47.3 Å². The third kappa shape index (κ3) is 3.64. The van der Waals surface area contributed by atoms with Crippen LogP contribution in [0.2, 0.25) is 0 Å². The smallest absolute Gasteiger partial charge is 0.122 e. The number of hydrogen-bond donors (Lipinski definition) is 1. The van der Waals surface area contributed by atoms with Crippen molar-refractivity contribution in [3.8, 4) is 11.5 Å². The Hall–Kier alpha value is -1.22. The highest BCUT2D eigenvalue weighted by molar-refractivity contribution is 5.47. The summed E-state index contributed by atoms with van der Waals surface area (Å²) in [6.07, 6.45) is -4.76. The Kier molecular flexibility index (Phi) is 2.98. The van der Waals surface area contributed by atoms with Gasteiger partial charge in [-0.05, 0) is 42.5 Å². The Labute approximate surface area is 120 Å². The lowest BCUT2D eigenvalue weighted by atomic mass is 9.99. The fourth-order valence-corrected chi connectivity index (χ4v) is 1.71. The molecule has 0 aliphatic heterocycles. The van der Waals surface area contributed by atoms with Crippen molar-refractivity contribution in [2.75, 3.05) is 14.2 Å². The zero-order valence-electron chi connectivity index (χ0n) is 18.0. The van der Waals surface area contributed by atoms with Crippen LogP contribution in [0.3, 0.4) is 0 Å². The zero-order valence-corrected chi connectivity index (χ0v) is 11.0. The second-order valence-corrected chi connectivity index (χ2v) is 3.99. The van der Waals surface area contributed by atoms with E-state index in [2.05, 4.69) is 0 Å². The minimum absolute atomic E-state index is 0.0530. The first-order chi connectivity index (χ1) is 11.3. The second-order valence-electron chi connectivity index (χ2n) is 3.99. The number of nitrogens with two attached hydrogens (primary N) is 1. The van der Waals surface area contributed by atoms with E-state index >= 15 is 0 Å². The van der Waals surface area contributed by atoms with Crippen molar-refractivity contribution in [1.82, 2.24) is 0 Å². The third-order valence-corrected chi connectivity index (χ3v) is 2.81. The van der Waals surface area contributed by atoms with Gasteiger partial charge in [-0.15, -0.1) is 0 Å². The first kappa shape index (κ1) is 7.39. The number of aryl methyl sites for hydroxylation is 1. The maximum absolute atomic E-state index is 8.16. The van der Waals surface area contributed by atoms with Crippen LogP contribution in [0.4, 0.5) is 0 Å². The van der Waals surface area contributed by atoms with Crippen molar-refractivity contribution in [3.05, 3.63) is 23.3 Å². The molecule has 0 aliphatic carbocycles. The predicted octanol–water partition coefficient (Wildman–Crippen LogP) is 2.94. The summed E-state index contributed by atoms with van der Waals surface area (Å²) in [6.45, 7) is -1.22. The molecule has 3 nitrogen and oxygen atoms in total. The largest absolute Gasteiger partial charge is 0.496 e. The molecule has 0 aliphatic rings. The quantitative estimate of drug-likeness (QED) is 0.818. The van der Waals surface area contributed by atoms with E-state index in [-0.39, 0.29) is 17.4 Å². The van der Waals surface area contributed by atoms with Gasteiger partial charge >= 0.3 is 0 Å². The first-order valence-electron chi connectivity index (χ1n) is 9.34. The number of methoxy groups -OCH3 is 2. The molecule has 102 valence electrons. The summed E-state index contributed by atoms with van der Waals surface area (Å²) in [5, 5.41) is 0. The summed E-state index contributed by atoms with van der Waals surface area (Å²) in [6, 6.07) is 2.69. The number of benzene rings is 1. The molecule has 1 atom stereocenters. The number of rotatable bonds is 7. The molecule has 0 amide bonds. The minimum Gasteiger partial charge on any atom is -0.496 e. The topological polar surface area (TPSA) is 44.5 Å². The number of ether oxygens (including phenoxy) is 2. The van der Waals surface area contributed by atoms with Gasteiger partial charge in [0.25, 0.3) is 0 Å². The first-order valence-corrected chi connectivity index (χ1v) is 5.84. The van der Waals surface area contributed by atoms with Crippen molar-refractivity contribution < 1.29 is 19.1 Å². The SMILES string of the molecule is [2H]C([2H])([2H])C([2H])([2H])C([2H])([2H])c1cc(OC)c(CC(N)CC)cc1OC. The average Bonchev–Trinajstić information content (AvgIpc) is 2.52. The highest BCUT2D eigenvalue weighted by Crippen LogP contribution is 2.30. The van der Waals surface area contributed by atoms with Gasteiger partial charge in [0.2, 0.25) is 0 Å². The zero-order chi connectivity index (χ0) is 19.6. The fraction of sp³-hybridized carbons (Fsp3) is 0.600. The summed E-state index contributed by atoms with van der Waals surface area (Å²) in [4.78, 5) is 0. The van der Waals surface area contributed by atoms with Gasteiger partial charge in [0.15, 0.2) is 0 Å². The summed E-state index contributed by atoms with van der Waals surface area (Å²) >= 11 is 0. The van der Waals surface area contributed by atoms with Crippen LogP contribution in [-0.2, 0) is 12.8 Å². The molecule has 0 aromatic heterocycles. The van der Waals surface area contributed by atoms with Gasteiger partial charge < -0.3 is 15.2 Å². The molecular formula is C15H25NO2. The van der Waals surface area contributed by atoms with Crippen LogP contribution in [0.5, 0.6) is 11.5 Å². The molecule has 1 rings (SSSR count). The van der Waals surface area contributed by atoms with Crippen LogP contribution in [0, 0.1) is 0 Å². The molecule has 0 saturated heterocycles. The standard InChI is InChI=1S/C15H25NO2/c1-5-7-11-9-15(18-4)12(8-13(16)6-2)10-14(11)17-3/h9-10,13H,5-8,16H2,1-4H3/i1D3,5D2,7D2. The van der Waals surface area contributed by atoms with Crippen molar-refractivity contribution in [2.45, 2.75) is 45.4 Å². The molecule has 0 spiro atoms. The molecule has 1 unspecified atom stereocenters. The Morgan fingerprint density at radius 2 is 1.89 bits per heavy atom. The molecular weight excluding hydrogens is 226 g/mol. The minimum atomic E-state index is -3.15. The van der Waals surface area contributed by atoms with Crippen LogP contribution in [0.15, 0.2) is 12.1 Å².